The SMILES string of the molecule is O=C(CC1CCCCC1)NCC(=O)N1CCc2c(nc[nH]c2=O)C1. The van der Waals surface area contributed by atoms with Gasteiger partial charge in [0, 0.05) is 18.5 Å². The van der Waals surface area contributed by atoms with E-state index in [1.54, 1.807) is 4.90 Å². The molecule has 7 nitrogen and oxygen atoms in total. The van der Waals surface area contributed by atoms with Crippen molar-refractivity contribution in [2.24, 2.45) is 5.92 Å². The Morgan fingerprint density at radius 3 is 2.88 bits per heavy atom. The lowest BCUT2D eigenvalue weighted by Crippen LogP contribution is -2.44. The van der Waals surface area contributed by atoms with Gasteiger partial charge in [-0.05, 0) is 25.2 Å². The fourth-order valence-electron chi connectivity index (χ4n) is 3.59. The number of carbonyl (C=O) groups is 2. The third kappa shape index (κ3) is 4.01. The summed E-state index contributed by atoms with van der Waals surface area (Å²) in [5.74, 6) is 0.300. The molecule has 2 heterocycles. The summed E-state index contributed by atoms with van der Waals surface area (Å²) < 4.78 is 0. The van der Waals surface area contributed by atoms with Gasteiger partial charge in [0.1, 0.15) is 0 Å². The summed E-state index contributed by atoms with van der Waals surface area (Å²) in [6, 6.07) is 0. The summed E-state index contributed by atoms with van der Waals surface area (Å²) >= 11 is 0. The standard InChI is InChI=1S/C17H24N4O3/c22-15(8-12-4-2-1-3-5-12)18-9-16(23)21-7-6-13-14(10-21)19-11-20-17(13)24/h11-12H,1-10H2,(H,18,22)(H,19,20,24). The molecule has 0 radical (unpaired) electrons. The molecule has 1 saturated carbocycles. The van der Waals surface area contributed by atoms with E-state index in [-0.39, 0.29) is 23.9 Å². The summed E-state index contributed by atoms with van der Waals surface area (Å²) in [6.45, 7) is 0.833. The van der Waals surface area contributed by atoms with E-state index in [2.05, 4.69) is 15.3 Å². The van der Waals surface area contributed by atoms with Crippen LogP contribution in [0.15, 0.2) is 11.1 Å². The molecule has 0 spiro atoms. The van der Waals surface area contributed by atoms with E-state index in [0.717, 1.165) is 12.8 Å². The van der Waals surface area contributed by atoms with Crippen molar-refractivity contribution in [2.75, 3.05) is 13.1 Å². The second-order valence-electron chi connectivity index (χ2n) is 6.71. The van der Waals surface area contributed by atoms with Crippen LogP contribution < -0.4 is 10.9 Å². The summed E-state index contributed by atoms with van der Waals surface area (Å²) in [7, 11) is 0. The largest absolute Gasteiger partial charge is 0.347 e. The number of H-pyrrole nitrogens is 1. The average molecular weight is 332 g/mol. The van der Waals surface area contributed by atoms with Crippen LogP contribution in [0.2, 0.25) is 0 Å². The lowest BCUT2D eigenvalue weighted by molar-refractivity contribution is -0.134. The second kappa shape index (κ2) is 7.59. The maximum absolute atomic E-state index is 12.3. The molecule has 0 bridgehead atoms. The summed E-state index contributed by atoms with van der Waals surface area (Å²) in [5, 5.41) is 2.74. The van der Waals surface area contributed by atoms with Crippen molar-refractivity contribution < 1.29 is 9.59 Å². The molecule has 0 atom stereocenters. The first-order valence-electron chi connectivity index (χ1n) is 8.73. The minimum Gasteiger partial charge on any atom is -0.347 e. The van der Waals surface area contributed by atoms with E-state index < -0.39 is 0 Å². The van der Waals surface area contributed by atoms with Gasteiger partial charge < -0.3 is 15.2 Å². The first-order valence-corrected chi connectivity index (χ1v) is 8.73. The number of nitrogens with zero attached hydrogens (tertiary/aromatic N) is 2. The van der Waals surface area contributed by atoms with Crippen LogP contribution in [0.25, 0.3) is 0 Å². The van der Waals surface area contributed by atoms with E-state index >= 15 is 0 Å². The molecule has 1 aromatic rings. The minimum atomic E-state index is -0.132. The van der Waals surface area contributed by atoms with Gasteiger partial charge in [0.05, 0.1) is 25.1 Å². The normalized spacial score (nSPS) is 18.1. The molecule has 1 aliphatic carbocycles. The minimum absolute atomic E-state index is 0.0179. The van der Waals surface area contributed by atoms with Crippen LogP contribution in [0.1, 0.15) is 49.8 Å². The highest BCUT2D eigenvalue weighted by Gasteiger charge is 2.24. The molecule has 7 heteroatoms. The number of aromatic nitrogens is 2. The molecular weight excluding hydrogens is 308 g/mol. The highest BCUT2D eigenvalue weighted by atomic mass is 16.2. The molecule has 2 amide bonds. The Kier molecular flexibility index (Phi) is 5.27. The predicted octanol–water partition coefficient (Wildman–Crippen LogP) is 0.741. The fourth-order valence-corrected chi connectivity index (χ4v) is 3.59. The topological polar surface area (TPSA) is 95.2 Å². The van der Waals surface area contributed by atoms with Gasteiger partial charge in [-0.15, -0.1) is 0 Å². The van der Waals surface area contributed by atoms with E-state index in [0.29, 0.717) is 43.1 Å². The monoisotopic (exact) mass is 332 g/mol. The molecule has 0 unspecified atom stereocenters. The molecule has 0 aromatic carbocycles. The van der Waals surface area contributed by atoms with Crippen molar-refractivity contribution >= 4 is 11.8 Å². The maximum atomic E-state index is 12.3. The number of nitrogens with one attached hydrogen (secondary N) is 2. The van der Waals surface area contributed by atoms with E-state index in [1.165, 1.54) is 25.6 Å². The quantitative estimate of drug-likeness (QED) is 0.850. The highest BCUT2D eigenvalue weighted by molar-refractivity contribution is 5.84. The molecular formula is C17H24N4O3. The van der Waals surface area contributed by atoms with Crippen molar-refractivity contribution in [1.82, 2.24) is 20.2 Å². The predicted molar refractivity (Wildman–Crippen MR) is 88.2 cm³/mol. The number of carbonyl (C=O) groups excluding carboxylic acids is 2. The van der Waals surface area contributed by atoms with Crippen molar-refractivity contribution in [3.63, 3.8) is 0 Å². The molecule has 2 N–H and O–H groups in total. The number of aromatic amines is 1. The number of hydrogen-bond acceptors (Lipinski definition) is 4. The number of fused-ring (bicyclic) bond motifs is 1. The van der Waals surface area contributed by atoms with Crippen LogP contribution in [0.4, 0.5) is 0 Å². The Morgan fingerprint density at radius 1 is 1.29 bits per heavy atom. The molecule has 1 aliphatic heterocycles. The Hall–Kier alpha value is -2.18. The van der Waals surface area contributed by atoms with Crippen LogP contribution in [0.5, 0.6) is 0 Å². The number of amides is 2. The van der Waals surface area contributed by atoms with Gasteiger partial charge in [-0.1, -0.05) is 19.3 Å². The first-order chi connectivity index (χ1) is 11.6. The van der Waals surface area contributed by atoms with Gasteiger partial charge in [-0.2, -0.15) is 0 Å². The van der Waals surface area contributed by atoms with Crippen LogP contribution in [-0.2, 0) is 22.6 Å². The van der Waals surface area contributed by atoms with Crippen LogP contribution >= 0.6 is 0 Å². The summed E-state index contributed by atoms with van der Waals surface area (Å²) in [4.78, 5) is 44.3. The fraction of sp³-hybridized carbons (Fsp3) is 0.647. The van der Waals surface area contributed by atoms with E-state index in [1.807, 2.05) is 0 Å². The van der Waals surface area contributed by atoms with Gasteiger partial charge in [-0.3, -0.25) is 14.4 Å². The molecule has 130 valence electrons. The molecule has 0 saturated heterocycles. The van der Waals surface area contributed by atoms with Crippen molar-refractivity contribution in [2.45, 2.75) is 51.5 Å². The number of hydrogen-bond donors (Lipinski definition) is 2. The Balaban J connectivity index is 1.47. The number of rotatable bonds is 4. The highest BCUT2D eigenvalue weighted by Crippen LogP contribution is 2.26. The van der Waals surface area contributed by atoms with Gasteiger partial charge in [-0.25, -0.2) is 4.98 Å². The zero-order valence-electron chi connectivity index (χ0n) is 13.8. The first kappa shape index (κ1) is 16.7. The lowest BCUT2D eigenvalue weighted by atomic mass is 9.87. The van der Waals surface area contributed by atoms with Crippen LogP contribution in [0, 0.1) is 5.92 Å². The molecule has 3 rings (SSSR count). The zero-order chi connectivity index (χ0) is 16.9. The van der Waals surface area contributed by atoms with Crippen molar-refractivity contribution in [1.29, 1.82) is 0 Å². The Labute approximate surface area is 140 Å². The van der Waals surface area contributed by atoms with Crippen LogP contribution in [-0.4, -0.2) is 39.8 Å². The second-order valence-corrected chi connectivity index (χ2v) is 6.71. The molecule has 1 fully saturated rings. The third-order valence-electron chi connectivity index (χ3n) is 5.00. The van der Waals surface area contributed by atoms with Crippen molar-refractivity contribution in [3.05, 3.63) is 27.9 Å². The molecule has 2 aliphatic rings. The average Bonchev–Trinajstić information content (AvgIpc) is 2.60. The third-order valence-corrected chi connectivity index (χ3v) is 5.00. The maximum Gasteiger partial charge on any atom is 0.254 e. The van der Waals surface area contributed by atoms with E-state index in [9.17, 15) is 14.4 Å². The smallest absolute Gasteiger partial charge is 0.254 e. The van der Waals surface area contributed by atoms with Gasteiger partial charge in [0.25, 0.3) is 5.56 Å². The summed E-state index contributed by atoms with van der Waals surface area (Å²) in [5.41, 5.74) is 1.17. The van der Waals surface area contributed by atoms with Crippen LogP contribution in [0.3, 0.4) is 0 Å². The molecule has 1 aromatic heterocycles. The lowest BCUT2D eigenvalue weighted by Gasteiger charge is -2.27. The van der Waals surface area contributed by atoms with Gasteiger partial charge >= 0.3 is 0 Å². The van der Waals surface area contributed by atoms with Gasteiger partial charge in [0.15, 0.2) is 0 Å². The van der Waals surface area contributed by atoms with Crippen molar-refractivity contribution in [3.8, 4) is 0 Å². The summed E-state index contributed by atoms with van der Waals surface area (Å²) in [6.07, 6.45) is 8.29. The van der Waals surface area contributed by atoms with E-state index in [4.69, 9.17) is 0 Å². The Morgan fingerprint density at radius 2 is 2.08 bits per heavy atom. The Bertz CT molecular complexity index is 664. The molecule has 24 heavy (non-hydrogen) atoms. The zero-order valence-corrected chi connectivity index (χ0v) is 13.8. The van der Waals surface area contributed by atoms with Gasteiger partial charge in [0.2, 0.25) is 11.8 Å².